The van der Waals surface area contributed by atoms with Gasteiger partial charge in [-0.2, -0.15) is 0 Å². The van der Waals surface area contributed by atoms with Crippen LogP contribution in [-0.4, -0.2) is 34.4 Å². The van der Waals surface area contributed by atoms with Gasteiger partial charge < -0.3 is 15.1 Å². The lowest BCUT2D eigenvalue weighted by Gasteiger charge is -2.31. The van der Waals surface area contributed by atoms with Crippen LogP contribution in [0.4, 0.5) is 10.2 Å². The number of pyridine rings is 1. The van der Waals surface area contributed by atoms with Gasteiger partial charge >= 0.3 is 0 Å². The zero-order valence-electron chi connectivity index (χ0n) is 10.9. The Hall–Kier alpha value is -1.20. The van der Waals surface area contributed by atoms with E-state index >= 15 is 0 Å². The molecule has 18 heavy (non-hydrogen) atoms. The van der Waals surface area contributed by atoms with Crippen molar-refractivity contribution in [2.75, 3.05) is 18.1 Å². The van der Waals surface area contributed by atoms with Crippen molar-refractivity contribution in [2.45, 2.75) is 39.3 Å². The Bertz CT molecular complexity index is 370. The van der Waals surface area contributed by atoms with Crippen molar-refractivity contribution < 1.29 is 14.6 Å². The van der Waals surface area contributed by atoms with E-state index in [0.29, 0.717) is 6.54 Å². The van der Waals surface area contributed by atoms with Gasteiger partial charge in [0.1, 0.15) is 0 Å². The maximum Gasteiger partial charge on any atom is 0.171 e. The van der Waals surface area contributed by atoms with Gasteiger partial charge in [0.05, 0.1) is 13.2 Å². The number of aliphatic hydroxyl groups excluding tert-OH is 2. The van der Waals surface area contributed by atoms with Gasteiger partial charge in [0.2, 0.25) is 0 Å². The molecule has 0 bridgehead atoms. The van der Waals surface area contributed by atoms with Crippen LogP contribution < -0.4 is 4.90 Å². The Kier molecular flexibility index (Phi) is 6.01. The summed E-state index contributed by atoms with van der Waals surface area (Å²) in [5, 5.41) is 18.2. The zero-order chi connectivity index (χ0) is 13.5. The Morgan fingerprint density at radius 3 is 2.50 bits per heavy atom. The summed E-state index contributed by atoms with van der Waals surface area (Å²) in [5.41, 5.74) is 0.230. The minimum Gasteiger partial charge on any atom is -0.395 e. The summed E-state index contributed by atoms with van der Waals surface area (Å²) >= 11 is 0. The van der Waals surface area contributed by atoms with E-state index in [1.165, 1.54) is 12.3 Å². The third-order valence-electron chi connectivity index (χ3n) is 3.12. The summed E-state index contributed by atoms with van der Waals surface area (Å²) in [7, 11) is 0. The summed E-state index contributed by atoms with van der Waals surface area (Å²) in [4.78, 5) is 5.82. The Morgan fingerprint density at radius 1 is 1.33 bits per heavy atom. The third-order valence-corrected chi connectivity index (χ3v) is 3.12. The van der Waals surface area contributed by atoms with E-state index in [2.05, 4.69) is 4.98 Å². The van der Waals surface area contributed by atoms with Crippen molar-refractivity contribution in [2.24, 2.45) is 0 Å². The first-order valence-electron chi connectivity index (χ1n) is 6.31. The van der Waals surface area contributed by atoms with Crippen molar-refractivity contribution in [3.63, 3.8) is 0 Å². The molecule has 0 aliphatic carbocycles. The lowest BCUT2D eigenvalue weighted by Crippen LogP contribution is -2.38. The lowest BCUT2D eigenvalue weighted by molar-refractivity contribution is 0.274. The summed E-state index contributed by atoms with van der Waals surface area (Å²) in [6.07, 6.45) is 3.18. The number of hydrogen-bond donors (Lipinski definition) is 2. The van der Waals surface area contributed by atoms with E-state index in [-0.39, 0.29) is 30.6 Å². The molecule has 0 radical (unpaired) electrons. The summed E-state index contributed by atoms with van der Waals surface area (Å²) < 4.78 is 14.1. The quantitative estimate of drug-likeness (QED) is 0.779. The molecule has 0 spiro atoms. The van der Waals surface area contributed by atoms with E-state index < -0.39 is 5.82 Å². The standard InChI is InChI=1S/C13H21FN2O2/c1-3-11(4-2)16(7-8-17)13-12(14)10(9-18)5-6-15-13/h5-6,11,17-18H,3-4,7-9H2,1-2H3. The number of nitrogens with zero attached hydrogens (tertiary/aromatic N) is 2. The van der Waals surface area contributed by atoms with Crippen LogP contribution in [0.2, 0.25) is 0 Å². The molecule has 0 fully saturated rings. The molecule has 0 aromatic carbocycles. The van der Waals surface area contributed by atoms with Crippen molar-refractivity contribution in [1.82, 2.24) is 4.98 Å². The second-order valence-electron chi connectivity index (χ2n) is 4.15. The molecular formula is C13H21FN2O2. The molecule has 0 unspecified atom stereocenters. The highest BCUT2D eigenvalue weighted by Gasteiger charge is 2.21. The van der Waals surface area contributed by atoms with E-state index in [4.69, 9.17) is 10.2 Å². The number of rotatable bonds is 7. The van der Waals surface area contributed by atoms with E-state index in [1.54, 1.807) is 4.90 Å². The maximum absolute atomic E-state index is 14.1. The molecule has 5 heteroatoms. The molecule has 1 aromatic heterocycles. The highest BCUT2D eigenvalue weighted by atomic mass is 19.1. The predicted molar refractivity (Wildman–Crippen MR) is 68.9 cm³/mol. The average molecular weight is 256 g/mol. The van der Waals surface area contributed by atoms with Crippen molar-refractivity contribution in [1.29, 1.82) is 0 Å². The van der Waals surface area contributed by atoms with Crippen molar-refractivity contribution in [3.8, 4) is 0 Å². The SMILES string of the molecule is CCC(CC)N(CCO)c1nccc(CO)c1F. The Balaban J connectivity index is 3.12. The van der Waals surface area contributed by atoms with Crippen molar-refractivity contribution >= 4 is 5.82 Å². The molecule has 0 amide bonds. The van der Waals surface area contributed by atoms with Crippen LogP contribution in [0.15, 0.2) is 12.3 Å². The molecule has 1 aromatic rings. The molecule has 102 valence electrons. The predicted octanol–water partition coefficient (Wildman–Crippen LogP) is 1.70. The van der Waals surface area contributed by atoms with Gasteiger partial charge in [0.15, 0.2) is 11.6 Å². The first-order valence-corrected chi connectivity index (χ1v) is 6.31. The van der Waals surface area contributed by atoms with Gasteiger partial charge in [-0.15, -0.1) is 0 Å². The second-order valence-corrected chi connectivity index (χ2v) is 4.15. The average Bonchev–Trinajstić information content (AvgIpc) is 2.39. The number of aliphatic hydroxyl groups is 2. The van der Waals surface area contributed by atoms with Gasteiger partial charge in [-0.1, -0.05) is 13.8 Å². The van der Waals surface area contributed by atoms with Gasteiger partial charge in [-0.25, -0.2) is 9.37 Å². The normalized spacial score (nSPS) is 11.0. The first-order chi connectivity index (χ1) is 8.69. The van der Waals surface area contributed by atoms with E-state index in [0.717, 1.165) is 12.8 Å². The molecule has 0 aliphatic heterocycles. The summed E-state index contributed by atoms with van der Waals surface area (Å²) in [6.45, 7) is 3.97. The first kappa shape index (κ1) is 14.9. The van der Waals surface area contributed by atoms with Crippen LogP contribution in [0.25, 0.3) is 0 Å². The van der Waals surface area contributed by atoms with E-state index in [9.17, 15) is 4.39 Å². The van der Waals surface area contributed by atoms with Crippen LogP contribution >= 0.6 is 0 Å². The molecule has 0 saturated heterocycles. The minimum atomic E-state index is -0.500. The Labute approximate surface area is 107 Å². The third kappa shape index (κ3) is 3.17. The smallest absolute Gasteiger partial charge is 0.171 e. The monoisotopic (exact) mass is 256 g/mol. The maximum atomic E-state index is 14.1. The number of anilines is 1. The largest absolute Gasteiger partial charge is 0.395 e. The van der Waals surface area contributed by atoms with Gasteiger partial charge in [0.25, 0.3) is 0 Å². The summed E-state index contributed by atoms with van der Waals surface area (Å²) in [6, 6.07) is 1.59. The van der Waals surface area contributed by atoms with Gasteiger partial charge in [-0.3, -0.25) is 0 Å². The highest BCUT2D eigenvalue weighted by Crippen LogP contribution is 2.23. The molecular weight excluding hydrogens is 235 g/mol. The summed E-state index contributed by atoms with van der Waals surface area (Å²) in [5.74, 6) is -0.287. The van der Waals surface area contributed by atoms with Crippen LogP contribution in [0.3, 0.4) is 0 Å². The molecule has 1 rings (SSSR count). The lowest BCUT2D eigenvalue weighted by atomic mass is 10.1. The second kappa shape index (κ2) is 7.28. The molecule has 0 atom stereocenters. The molecule has 0 aliphatic rings. The van der Waals surface area contributed by atoms with Crippen LogP contribution in [-0.2, 0) is 6.61 Å². The van der Waals surface area contributed by atoms with Crippen LogP contribution in [0.5, 0.6) is 0 Å². The molecule has 1 heterocycles. The fourth-order valence-electron chi connectivity index (χ4n) is 2.09. The fraction of sp³-hybridized carbons (Fsp3) is 0.615. The van der Waals surface area contributed by atoms with Crippen LogP contribution in [0.1, 0.15) is 32.3 Å². The zero-order valence-corrected chi connectivity index (χ0v) is 10.9. The van der Waals surface area contributed by atoms with E-state index in [1.807, 2.05) is 13.8 Å². The minimum absolute atomic E-state index is 0.0546. The molecule has 2 N–H and O–H groups in total. The molecule has 4 nitrogen and oxygen atoms in total. The number of halogens is 1. The van der Waals surface area contributed by atoms with Crippen LogP contribution in [0, 0.1) is 5.82 Å². The van der Waals surface area contributed by atoms with Gasteiger partial charge in [0, 0.05) is 24.3 Å². The Morgan fingerprint density at radius 2 is 2.00 bits per heavy atom. The number of aromatic nitrogens is 1. The highest BCUT2D eigenvalue weighted by molar-refractivity contribution is 5.44. The van der Waals surface area contributed by atoms with Crippen molar-refractivity contribution in [3.05, 3.63) is 23.6 Å². The topological polar surface area (TPSA) is 56.6 Å². The van der Waals surface area contributed by atoms with Gasteiger partial charge in [-0.05, 0) is 18.9 Å². The number of hydrogen-bond acceptors (Lipinski definition) is 4. The fourth-order valence-corrected chi connectivity index (χ4v) is 2.09. The molecule has 0 saturated carbocycles.